The Morgan fingerprint density at radius 1 is 1.27 bits per heavy atom. The molecule has 0 atom stereocenters. The van der Waals surface area contributed by atoms with Crippen molar-refractivity contribution in [3.8, 4) is 0 Å². The SMILES string of the molecule is CNC(=O)C1CCN(C(=O)C=Cc2ccc(Cl)cc2Cl)CC1. The number of benzene rings is 1. The van der Waals surface area contributed by atoms with Crippen LogP contribution in [0, 0.1) is 5.92 Å². The van der Waals surface area contributed by atoms with Crippen molar-refractivity contribution >= 4 is 41.1 Å². The second-order valence-corrected chi connectivity index (χ2v) is 6.06. The van der Waals surface area contributed by atoms with E-state index in [1.165, 1.54) is 6.08 Å². The van der Waals surface area contributed by atoms with Gasteiger partial charge in [-0.1, -0.05) is 29.3 Å². The first kappa shape index (κ1) is 16.8. The largest absolute Gasteiger partial charge is 0.359 e. The molecule has 1 fully saturated rings. The highest BCUT2D eigenvalue weighted by atomic mass is 35.5. The molecule has 1 saturated heterocycles. The molecule has 0 aromatic heterocycles. The highest BCUT2D eigenvalue weighted by molar-refractivity contribution is 6.35. The number of halogens is 2. The fourth-order valence-corrected chi connectivity index (χ4v) is 2.94. The van der Waals surface area contributed by atoms with Crippen molar-refractivity contribution in [2.24, 2.45) is 5.92 Å². The minimum absolute atomic E-state index is 0.00346. The van der Waals surface area contributed by atoms with Crippen LogP contribution in [0.2, 0.25) is 10.0 Å². The van der Waals surface area contributed by atoms with Gasteiger partial charge in [0.1, 0.15) is 0 Å². The number of likely N-dealkylation sites (tertiary alicyclic amines) is 1. The molecule has 0 saturated carbocycles. The van der Waals surface area contributed by atoms with E-state index in [-0.39, 0.29) is 17.7 Å². The molecular formula is C16H18Cl2N2O2. The Hall–Kier alpha value is -1.52. The summed E-state index contributed by atoms with van der Waals surface area (Å²) in [6, 6.07) is 5.14. The number of carbonyl (C=O) groups is 2. The van der Waals surface area contributed by atoms with Crippen LogP contribution < -0.4 is 5.32 Å². The average molecular weight is 341 g/mol. The Kier molecular flexibility index (Phi) is 5.86. The summed E-state index contributed by atoms with van der Waals surface area (Å²) in [5.41, 5.74) is 0.750. The standard InChI is InChI=1S/C16H18Cl2N2O2/c1-19-16(22)12-6-8-20(9-7-12)15(21)5-3-11-2-4-13(17)10-14(11)18/h2-5,10,12H,6-9H2,1H3,(H,19,22). The van der Waals surface area contributed by atoms with Crippen LogP contribution in [0.1, 0.15) is 18.4 Å². The number of amides is 2. The molecule has 1 aromatic rings. The van der Waals surface area contributed by atoms with Crippen LogP contribution in [-0.4, -0.2) is 36.9 Å². The van der Waals surface area contributed by atoms with Gasteiger partial charge in [-0.2, -0.15) is 0 Å². The second-order valence-electron chi connectivity index (χ2n) is 5.21. The highest BCUT2D eigenvalue weighted by Gasteiger charge is 2.25. The maximum atomic E-state index is 12.2. The summed E-state index contributed by atoms with van der Waals surface area (Å²) in [7, 11) is 1.64. The summed E-state index contributed by atoms with van der Waals surface area (Å²) in [4.78, 5) is 25.5. The van der Waals surface area contributed by atoms with Gasteiger partial charge in [-0.3, -0.25) is 9.59 Å². The third-order valence-electron chi connectivity index (χ3n) is 3.79. The molecule has 22 heavy (non-hydrogen) atoms. The zero-order valence-electron chi connectivity index (χ0n) is 12.3. The lowest BCUT2D eigenvalue weighted by molar-refractivity contribution is -0.131. The first-order chi connectivity index (χ1) is 10.5. The van der Waals surface area contributed by atoms with Crippen molar-refractivity contribution in [3.63, 3.8) is 0 Å². The fraction of sp³-hybridized carbons (Fsp3) is 0.375. The minimum atomic E-state index is -0.0682. The molecule has 0 unspecified atom stereocenters. The number of piperidine rings is 1. The van der Waals surface area contributed by atoms with Gasteiger partial charge >= 0.3 is 0 Å². The van der Waals surface area contributed by atoms with E-state index >= 15 is 0 Å². The van der Waals surface area contributed by atoms with Gasteiger partial charge < -0.3 is 10.2 Å². The van der Waals surface area contributed by atoms with Gasteiger partial charge in [0, 0.05) is 42.2 Å². The fourth-order valence-electron chi connectivity index (χ4n) is 2.47. The molecule has 6 heteroatoms. The molecule has 4 nitrogen and oxygen atoms in total. The average Bonchev–Trinajstić information content (AvgIpc) is 2.53. The van der Waals surface area contributed by atoms with Gasteiger partial charge in [0.15, 0.2) is 0 Å². The molecule has 0 spiro atoms. The van der Waals surface area contributed by atoms with E-state index in [0.717, 1.165) is 5.56 Å². The van der Waals surface area contributed by atoms with Crippen molar-refractivity contribution < 1.29 is 9.59 Å². The molecule has 1 N–H and O–H groups in total. The van der Waals surface area contributed by atoms with E-state index in [4.69, 9.17) is 23.2 Å². The number of nitrogens with zero attached hydrogens (tertiary/aromatic N) is 1. The van der Waals surface area contributed by atoms with Crippen molar-refractivity contribution in [2.45, 2.75) is 12.8 Å². The van der Waals surface area contributed by atoms with Gasteiger partial charge in [0.25, 0.3) is 0 Å². The summed E-state index contributed by atoms with van der Waals surface area (Å²) in [5.74, 6) is -0.0132. The van der Waals surface area contributed by atoms with Gasteiger partial charge in [-0.25, -0.2) is 0 Å². The van der Waals surface area contributed by atoms with Crippen LogP contribution >= 0.6 is 23.2 Å². The second kappa shape index (κ2) is 7.65. The summed E-state index contributed by atoms with van der Waals surface area (Å²) in [5, 5.41) is 3.72. The monoisotopic (exact) mass is 340 g/mol. The zero-order valence-corrected chi connectivity index (χ0v) is 13.8. The Balaban J connectivity index is 1.93. The van der Waals surface area contributed by atoms with Crippen molar-refractivity contribution in [1.82, 2.24) is 10.2 Å². The summed E-state index contributed by atoms with van der Waals surface area (Å²) < 4.78 is 0. The maximum Gasteiger partial charge on any atom is 0.246 e. The smallest absolute Gasteiger partial charge is 0.246 e. The van der Waals surface area contributed by atoms with E-state index in [0.29, 0.717) is 36.0 Å². The summed E-state index contributed by atoms with van der Waals surface area (Å²) in [6.07, 6.45) is 4.59. The van der Waals surface area contributed by atoms with Gasteiger partial charge in [0.05, 0.1) is 0 Å². The lowest BCUT2D eigenvalue weighted by Crippen LogP contribution is -2.41. The Bertz CT molecular complexity index is 594. The molecular weight excluding hydrogens is 323 g/mol. The summed E-state index contributed by atoms with van der Waals surface area (Å²) >= 11 is 11.9. The van der Waals surface area contributed by atoms with Crippen LogP contribution in [0.3, 0.4) is 0 Å². The predicted molar refractivity (Wildman–Crippen MR) is 88.9 cm³/mol. The number of carbonyl (C=O) groups excluding carboxylic acids is 2. The van der Waals surface area contributed by atoms with Crippen molar-refractivity contribution in [1.29, 1.82) is 0 Å². The van der Waals surface area contributed by atoms with E-state index < -0.39 is 0 Å². The molecule has 1 aromatic carbocycles. The first-order valence-corrected chi connectivity index (χ1v) is 7.90. The molecule has 1 aliphatic heterocycles. The lowest BCUT2D eigenvalue weighted by Gasteiger charge is -2.30. The van der Waals surface area contributed by atoms with E-state index in [2.05, 4.69) is 5.32 Å². The molecule has 0 bridgehead atoms. The zero-order chi connectivity index (χ0) is 16.1. The number of rotatable bonds is 3. The van der Waals surface area contributed by atoms with Gasteiger partial charge in [0.2, 0.25) is 11.8 Å². The van der Waals surface area contributed by atoms with E-state index in [9.17, 15) is 9.59 Å². The maximum absolute atomic E-state index is 12.2. The molecule has 0 aliphatic carbocycles. The quantitative estimate of drug-likeness (QED) is 0.860. The predicted octanol–water partition coefficient (Wildman–Crippen LogP) is 2.99. The van der Waals surface area contributed by atoms with E-state index in [1.807, 2.05) is 0 Å². The van der Waals surface area contributed by atoms with Gasteiger partial charge in [-0.05, 0) is 36.6 Å². The van der Waals surface area contributed by atoms with Crippen molar-refractivity contribution in [2.75, 3.05) is 20.1 Å². The highest BCUT2D eigenvalue weighted by Crippen LogP contribution is 2.22. The summed E-state index contributed by atoms with van der Waals surface area (Å²) in [6.45, 7) is 1.19. The van der Waals surface area contributed by atoms with E-state index in [1.54, 1.807) is 36.2 Å². The number of hydrogen-bond acceptors (Lipinski definition) is 2. The first-order valence-electron chi connectivity index (χ1n) is 7.15. The Morgan fingerprint density at radius 2 is 1.95 bits per heavy atom. The van der Waals surface area contributed by atoms with Crippen LogP contribution in [0.4, 0.5) is 0 Å². The van der Waals surface area contributed by atoms with Crippen LogP contribution in [0.5, 0.6) is 0 Å². The molecule has 1 aliphatic rings. The molecule has 2 amide bonds. The van der Waals surface area contributed by atoms with Crippen LogP contribution in [0.15, 0.2) is 24.3 Å². The van der Waals surface area contributed by atoms with Crippen LogP contribution in [0.25, 0.3) is 6.08 Å². The number of nitrogens with one attached hydrogen (secondary N) is 1. The molecule has 0 radical (unpaired) electrons. The molecule has 1 heterocycles. The Morgan fingerprint density at radius 3 is 2.55 bits per heavy atom. The third kappa shape index (κ3) is 4.24. The normalized spacial score (nSPS) is 16.0. The topological polar surface area (TPSA) is 49.4 Å². The lowest BCUT2D eigenvalue weighted by atomic mass is 9.96. The molecule has 2 rings (SSSR count). The van der Waals surface area contributed by atoms with Crippen molar-refractivity contribution in [3.05, 3.63) is 39.9 Å². The van der Waals surface area contributed by atoms with Crippen LogP contribution in [-0.2, 0) is 9.59 Å². The third-order valence-corrected chi connectivity index (χ3v) is 4.35. The van der Waals surface area contributed by atoms with Gasteiger partial charge in [-0.15, -0.1) is 0 Å². The Labute approximate surface area is 140 Å². The number of hydrogen-bond donors (Lipinski definition) is 1. The minimum Gasteiger partial charge on any atom is -0.359 e. The molecule has 118 valence electrons.